The van der Waals surface area contributed by atoms with Gasteiger partial charge in [0.15, 0.2) is 17.1 Å². The number of ether oxygens (including phenoxy) is 2. The van der Waals surface area contributed by atoms with E-state index in [0.29, 0.717) is 51.4 Å². The Balaban J connectivity index is 1.54. The Morgan fingerprint density at radius 2 is 1.97 bits per heavy atom. The first kappa shape index (κ1) is 21.5. The van der Waals surface area contributed by atoms with Gasteiger partial charge in [-0.05, 0) is 61.0 Å². The SMILES string of the molecule is CCOc1ccc(C=CC(=O)Nc2ccccc2-c2nc3cc(Cl)ccc3o2)cc1OC. The molecule has 0 spiro atoms. The van der Waals surface area contributed by atoms with Crippen LogP contribution in [-0.4, -0.2) is 24.6 Å². The molecular formula is C25H21ClN2O4. The fourth-order valence-electron chi connectivity index (χ4n) is 3.20. The lowest BCUT2D eigenvalue weighted by Crippen LogP contribution is -2.08. The molecule has 32 heavy (non-hydrogen) atoms. The maximum absolute atomic E-state index is 12.6. The van der Waals surface area contributed by atoms with Crippen LogP contribution in [0.3, 0.4) is 0 Å². The summed E-state index contributed by atoms with van der Waals surface area (Å²) < 4.78 is 16.7. The lowest BCUT2D eigenvalue weighted by atomic mass is 10.1. The Morgan fingerprint density at radius 3 is 2.78 bits per heavy atom. The molecule has 4 aromatic rings. The van der Waals surface area contributed by atoms with E-state index in [-0.39, 0.29) is 5.91 Å². The summed E-state index contributed by atoms with van der Waals surface area (Å²) in [5.74, 6) is 1.38. The molecule has 1 heterocycles. The molecule has 0 aliphatic carbocycles. The molecule has 1 N–H and O–H groups in total. The van der Waals surface area contributed by atoms with Gasteiger partial charge in [-0.25, -0.2) is 4.98 Å². The predicted octanol–water partition coefficient (Wildman–Crippen LogP) is 6.21. The number of rotatable bonds is 7. The fourth-order valence-corrected chi connectivity index (χ4v) is 3.37. The van der Waals surface area contributed by atoms with Crippen LogP contribution >= 0.6 is 11.6 Å². The van der Waals surface area contributed by atoms with Crippen molar-refractivity contribution >= 4 is 40.4 Å². The number of anilines is 1. The number of aromatic nitrogens is 1. The Labute approximate surface area is 190 Å². The Morgan fingerprint density at radius 1 is 1.12 bits per heavy atom. The van der Waals surface area contributed by atoms with Crippen LogP contribution in [-0.2, 0) is 4.79 Å². The standard InChI is InChI=1S/C25H21ClN2O4/c1-3-31-22-11-8-16(14-23(22)30-2)9-13-24(29)27-19-7-5-4-6-18(19)25-28-20-15-17(26)10-12-21(20)32-25/h4-15H,3H2,1-2H3,(H,27,29). The Hall–Kier alpha value is -3.77. The van der Waals surface area contributed by atoms with Gasteiger partial charge in [-0.2, -0.15) is 0 Å². The molecule has 6 nitrogen and oxygen atoms in total. The van der Waals surface area contributed by atoms with E-state index in [1.165, 1.54) is 6.08 Å². The number of nitrogens with one attached hydrogen (secondary N) is 1. The normalized spacial score (nSPS) is 11.1. The highest BCUT2D eigenvalue weighted by atomic mass is 35.5. The van der Waals surface area contributed by atoms with Crippen LogP contribution in [0.1, 0.15) is 12.5 Å². The summed E-state index contributed by atoms with van der Waals surface area (Å²) in [6.45, 7) is 2.45. The maximum atomic E-state index is 12.6. The van der Waals surface area contributed by atoms with Gasteiger partial charge in [-0.3, -0.25) is 4.79 Å². The molecule has 0 atom stereocenters. The second-order valence-corrected chi connectivity index (χ2v) is 7.28. The average Bonchev–Trinajstić information content (AvgIpc) is 3.22. The number of fused-ring (bicyclic) bond motifs is 1. The van der Waals surface area contributed by atoms with E-state index >= 15 is 0 Å². The van der Waals surface area contributed by atoms with E-state index in [9.17, 15) is 4.79 Å². The Bertz CT molecular complexity index is 1300. The van der Waals surface area contributed by atoms with Crippen molar-refractivity contribution in [2.24, 2.45) is 0 Å². The molecule has 162 valence electrons. The van der Waals surface area contributed by atoms with E-state index in [2.05, 4.69) is 10.3 Å². The molecule has 0 aliphatic rings. The number of oxazole rings is 1. The molecule has 0 bridgehead atoms. The van der Waals surface area contributed by atoms with E-state index in [1.807, 2.05) is 43.3 Å². The van der Waals surface area contributed by atoms with Gasteiger partial charge in [-0.1, -0.05) is 29.8 Å². The predicted molar refractivity (Wildman–Crippen MR) is 126 cm³/mol. The number of hydrogen-bond donors (Lipinski definition) is 1. The van der Waals surface area contributed by atoms with Gasteiger partial charge in [0, 0.05) is 11.1 Å². The summed E-state index contributed by atoms with van der Waals surface area (Å²) in [7, 11) is 1.58. The number of nitrogens with zero attached hydrogens (tertiary/aromatic N) is 1. The Kier molecular flexibility index (Phi) is 6.42. The third-order valence-corrected chi connectivity index (χ3v) is 4.91. The molecule has 0 radical (unpaired) electrons. The number of methoxy groups -OCH3 is 1. The molecule has 0 saturated heterocycles. The van der Waals surface area contributed by atoms with E-state index in [0.717, 1.165) is 5.56 Å². The number of benzene rings is 3. The highest BCUT2D eigenvalue weighted by Crippen LogP contribution is 2.31. The highest BCUT2D eigenvalue weighted by molar-refractivity contribution is 6.31. The molecule has 1 amide bonds. The summed E-state index contributed by atoms with van der Waals surface area (Å²) in [5.41, 5.74) is 3.34. The zero-order chi connectivity index (χ0) is 22.5. The van der Waals surface area contributed by atoms with Crippen molar-refractivity contribution in [3.05, 3.63) is 77.3 Å². The van der Waals surface area contributed by atoms with Gasteiger partial charge in [0.2, 0.25) is 11.8 Å². The number of amides is 1. The molecule has 4 rings (SSSR count). The van der Waals surface area contributed by atoms with Crippen molar-refractivity contribution in [2.75, 3.05) is 19.0 Å². The van der Waals surface area contributed by atoms with Crippen LogP contribution in [0.25, 0.3) is 28.6 Å². The van der Waals surface area contributed by atoms with Crippen LogP contribution < -0.4 is 14.8 Å². The fraction of sp³-hybridized carbons (Fsp3) is 0.120. The zero-order valence-corrected chi connectivity index (χ0v) is 18.3. The minimum Gasteiger partial charge on any atom is -0.493 e. The van der Waals surface area contributed by atoms with Gasteiger partial charge in [0.25, 0.3) is 0 Å². The minimum absolute atomic E-state index is 0.288. The van der Waals surface area contributed by atoms with Crippen LogP contribution in [0.15, 0.2) is 71.2 Å². The van der Waals surface area contributed by atoms with Crippen molar-refractivity contribution in [2.45, 2.75) is 6.92 Å². The second kappa shape index (κ2) is 9.58. The van der Waals surface area contributed by atoms with Gasteiger partial charge < -0.3 is 19.2 Å². The molecule has 0 unspecified atom stereocenters. The second-order valence-electron chi connectivity index (χ2n) is 6.84. The van der Waals surface area contributed by atoms with E-state index in [4.69, 9.17) is 25.5 Å². The molecule has 0 aliphatic heterocycles. The molecular weight excluding hydrogens is 428 g/mol. The smallest absolute Gasteiger partial charge is 0.248 e. The first-order valence-corrected chi connectivity index (χ1v) is 10.4. The summed E-state index contributed by atoms with van der Waals surface area (Å²) in [6.07, 6.45) is 3.16. The van der Waals surface area contributed by atoms with Gasteiger partial charge in [0.05, 0.1) is 25.0 Å². The quantitative estimate of drug-likeness (QED) is 0.340. The third kappa shape index (κ3) is 4.76. The summed E-state index contributed by atoms with van der Waals surface area (Å²) in [5, 5.41) is 3.47. The minimum atomic E-state index is -0.288. The number of halogens is 1. The third-order valence-electron chi connectivity index (χ3n) is 4.68. The number of hydrogen-bond acceptors (Lipinski definition) is 5. The van der Waals surface area contributed by atoms with Crippen molar-refractivity contribution in [1.29, 1.82) is 0 Å². The maximum Gasteiger partial charge on any atom is 0.248 e. The summed E-state index contributed by atoms with van der Waals surface area (Å²) in [4.78, 5) is 17.1. The van der Waals surface area contributed by atoms with Crippen molar-refractivity contribution in [3.8, 4) is 23.0 Å². The van der Waals surface area contributed by atoms with Crippen LogP contribution in [0.4, 0.5) is 5.69 Å². The number of carbonyl (C=O) groups is 1. The van der Waals surface area contributed by atoms with Gasteiger partial charge in [0.1, 0.15) is 5.52 Å². The lowest BCUT2D eigenvalue weighted by molar-refractivity contribution is -0.111. The largest absolute Gasteiger partial charge is 0.493 e. The molecule has 0 fully saturated rings. The van der Waals surface area contributed by atoms with Crippen LogP contribution in [0.2, 0.25) is 5.02 Å². The van der Waals surface area contributed by atoms with Crippen LogP contribution in [0.5, 0.6) is 11.5 Å². The first-order chi connectivity index (χ1) is 15.6. The van der Waals surface area contributed by atoms with Crippen molar-refractivity contribution < 1.29 is 18.7 Å². The molecule has 1 aromatic heterocycles. The number of para-hydroxylation sites is 1. The molecule has 7 heteroatoms. The first-order valence-electron chi connectivity index (χ1n) is 10.0. The topological polar surface area (TPSA) is 73.6 Å². The molecule has 3 aromatic carbocycles. The lowest BCUT2D eigenvalue weighted by Gasteiger charge is -2.09. The van der Waals surface area contributed by atoms with Crippen LogP contribution in [0, 0.1) is 0 Å². The number of carbonyl (C=O) groups excluding carboxylic acids is 1. The average molecular weight is 449 g/mol. The highest BCUT2D eigenvalue weighted by Gasteiger charge is 2.13. The summed E-state index contributed by atoms with van der Waals surface area (Å²) in [6, 6.07) is 18.0. The monoisotopic (exact) mass is 448 g/mol. The van der Waals surface area contributed by atoms with E-state index < -0.39 is 0 Å². The zero-order valence-electron chi connectivity index (χ0n) is 17.6. The molecule has 0 saturated carbocycles. The van der Waals surface area contributed by atoms with Crippen molar-refractivity contribution in [3.63, 3.8) is 0 Å². The van der Waals surface area contributed by atoms with E-state index in [1.54, 1.807) is 37.5 Å². The van der Waals surface area contributed by atoms with Gasteiger partial charge >= 0.3 is 0 Å². The van der Waals surface area contributed by atoms with Crippen molar-refractivity contribution in [1.82, 2.24) is 4.98 Å². The summed E-state index contributed by atoms with van der Waals surface area (Å²) >= 11 is 6.04. The van der Waals surface area contributed by atoms with Gasteiger partial charge in [-0.15, -0.1) is 0 Å².